The number of nitrogens with two attached hydrogens (primary N) is 1. The third-order valence-electron chi connectivity index (χ3n) is 3.46. The van der Waals surface area contributed by atoms with Crippen LogP contribution < -0.4 is 10.5 Å². The summed E-state index contributed by atoms with van der Waals surface area (Å²) in [7, 11) is -3.75. The maximum atomic E-state index is 12.1. The van der Waals surface area contributed by atoms with Crippen LogP contribution in [0.3, 0.4) is 0 Å². The van der Waals surface area contributed by atoms with E-state index in [4.69, 9.17) is 5.14 Å². The zero-order valence-electron chi connectivity index (χ0n) is 13.5. The van der Waals surface area contributed by atoms with E-state index in [1.165, 1.54) is 29.5 Å². The quantitative estimate of drug-likeness (QED) is 0.771. The van der Waals surface area contributed by atoms with Crippen molar-refractivity contribution in [1.82, 2.24) is 5.32 Å². The number of amides is 1. The van der Waals surface area contributed by atoms with Gasteiger partial charge < -0.3 is 5.32 Å². The highest BCUT2D eigenvalue weighted by Crippen LogP contribution is 2.20. The van der Waals surface area contributed by atoms with Gasteiger partial charge in [-0.2, -0.15) is 0 Å². The Labute approximate surface area is 146 Å². The van der Waals surface area contributed by atoms with Gasteiger partial charge in [0.1, 0.15) is 0 Å². The number of carbonyl (C=O) groups is 1. The van der Waals surface area contributed by atoms with Crippen molar-refractivity contribution in [1.29, 1.82) is 0 Å². The molecule has 1 atom stereocenters. The van der Waals surface area contributed by atoms with Crippen LogP contribution in [-0.4, -0.2) is 20.1 Å². The number of thioether (sulfide) groups is 1. The van der Waals surface area contributed by atoms with Crippen molar-refractivity contribution >= 4 is 27.7 Å². The molecule has 3 N–H and O–H groups in total. The first-order valence-electron chi connectivity index (χ1n) is 7.37. The summed E-state index contributed by atoms with van der Waals surface area (Å²) < 4.78 is 22.8. The predicted molar refractivity (Wildman–Crippen MR) is 96.3 cm³/mol. The largest absolute Gasteiger partial charge is 0.349 e. The van der Waals surface area contributed by atoms with Gasteiger partial charge in [0.25, 0.3) is 0 Å². The average Bonchev–Trinajstić information content (AvgIpc) is 2.53. The van der Waals surface area contributed by atoms with E-state index in [-0.39, 0.29) is 16.8 Å². The highest BCUT2D eigenvalue weighted by atomic mass is 32.2. The monoisotopic (exact) mass is 364 g/mol. The number of sulfonamides is 1. The Morgan fingerprint density at radius 2 is 1.88 bits per heavy atom. The normalized spacial score (nSPS) is 12.6. The zero-order chi connectivity index (χ0) is 17.7. The molecule has 128 valence electrons. The molecule has 1 amide bonds. The van der Waals surface area contributed by atoms with Crippen molar-refractivity contribution in [2.24, 2.45) is 5.14 Å². The Bertz CT molecular complexity index is 818. The number of aryl methyl sites for hydroxylation is 1. The van der Waals surface area contributed by atoms with E-state index < -0.39 is 10.0 Å². The highest BCUT2D eigenvalue weighted by molar-refractivity contribution is 8.00. The lowest BCUT2D eigenvalue weighted by atomic mass is 10.1. The second kappa shape index (κ2) is 7.83. The number of carbonyl (C=O) groups excluding carboxylic acids is 1. The van der Waals surface area contributed by atoms with E-state index in [1.807, 2.05) is 31.2 Å². The van der Waals surface area contributed by atoms with Gasteiger partial charge in [0.15, 0.2) is 0 Å². The van der Waals surface area contributed by atoms with E-state index in [9.17, 15) is 13.2 Å². The molecule has 7 heteroatoms. The van der Waals surface area contributed by atoms with Crippen molar-refractivity contribution < 1.29 is 13.2 Å². The topological polar surface area (TPSA) is 89.3 Å². The lowest BCUT2D eigenvalue weighted by molar-refractivity contribution is -0.119. The molecule has 0 radical (unpaired) electrons. The Hall–Kier alpha value is -1.83. The summed E-state index contributed by atoms with van der Waals surface area (Å²) in [6, 6.07) is 13.9. The number of nitrogens with one attached hydrogen (secondary N) is 1. The van der Waals surface area contributed by atoms with Crippen molar-refractivity contribution in [2.45, 2.75) is 29.7 Å². The molecule has 2 aromatic carbocycles. The van der Waals surface area contributed by atoms with Gasteiger partial charge in [-0.05, 0) is 43.7 Å². The van der Waals surface area contributed by atoms with Gasteiger partial charge in [-0.15, -0.1) is 11.8 Å². The molecule has 0 aliphatic carbocycles. The van der Waals surface area contributed by atoms with Crippen LogP contribution in [0.15, 0.2) is 58.3 Å². The Balaban J connectivity index is 1.95. The lowest BCUT2D eigenvalue weighted by Gasteiger charge is -2.15. The van der Waals surface area contributed by atoms with Crippen LogP contribution in [0, 0.1) is 6.92 Å². The maximum absolute atomic E-state index is 12.1. The van der Waals surface area contributed by atoms with Crippen LogP contribution in [0.4, 0.5) is 0 Å². The molecule has 2 aromatic rings. The fourth-order valence-corrected chi connectivity index (χ4v) is 3.39. The predicted octanol–water partition coefficient (Wildman–Crippen LogP) is 2.61. The summed E-state index contributed by atoms with van der Waals surface area (Å²) in [6.45, 7) is 3.81. The van der Waals surface area contributed by atoms with E-state index in [1.54, 1.807) is 19.1 Å². The Morgan fingerprint density at radius 3 is 2.50 bits per heavy atom. The maximum Gasteiger partial charge on any atom is 0.238 e. The molecule has 0 aliphatic heterocycles. The minimum absolute atomic E-state index is 0.0372. The number of primary sulfonamides is 1. The third kappa shape index (κ3) is 5.36. The van der Waals surface area contributed by atoms with Crippen LogP contribution in [0.25, 0.3) is 0 Å². The van der Waals surface area contributed by atoms with Crippen LogP contribution in [0.2, 0.25) is 0 Å². The molecule has 24 heavy (non-hydrogen) atoms. The number of hydrogen-bond acceptors (Lipinski definition) is 4. The van der Waals surface area contributed by atoms with Gasteiger partial charge >= 0.3 is 0 Å². The van der Waals surface area contributed by atoms with E-state index in [2.05, 4.69) is 5.32 Å². The zero-order valence-corrected chi connectivity index (χ0v) is 15.2. The van der Waals surface area contributed by atoms with Crippen molar-refractivity contribution in [2.75, 3.05) is 5.75 Å². The van der Waals surface area contributed by atoms with Crippen LogP contribution in [0.5, 0.6) is 0 Å². The minimum atomic E-state index is -3.75. The van der Waals surface area contributed by atoms with Gasteiger partial charge in [-0.25, -0.2) is 13.6 Å². The molecule has 5 nitrogen and oxygen atoms in total. The van der Waals surface area contributed by atoms with Gasteiger partial charge in [-0.3, -0.25) is 4.79 Å². The fourth-order valence-electron chi connectivity index (χ4n) is 2.11. The molecule has 0 aromatic heterocycles. The molecule has 0 aliphatic rings. The number of rotatable bonds is 6. The molecule has 0 fully saturated rings. The van der Waals surface area contributed by atoms with E-state index in [0.717, 1.165) is 4.90 Å². The van der Waals surface area contributed by atoms with Gasteiger partial charge in [0.05, 0.1) is 16.7 Å². The first kappa shape index (κ1) is 18.5. The van der Waals surface area contributed by atoms with E-state index >= 15 is 0 Å². The SMILES string of the molecule is Cc1ccc(SCC(=O)NC(C)c2cccc(S(N)(=O)=O)c2)cc1. The molecule has 2 rings (SSSR count). The molecule has 1 unspecified atom stereocenters. The molecule has 0 heterocycles. The first-order valence-corrected chi connectivity index (χ1v) is 9.90. The van der Waals surface area contributed by atoms with Crippen molar-refractivity contribution in [3.8, 4) is 0 Å². The number of hydrogen-bond donors (Lipinski definition) is 2. The minimum Gasteiger partial charge on any atom is -0.349 e. The standard InChI is InChI=1S/C17H20N2O3S2/c1-12-6-8-15(9-7-12)23-11-17(20)19-13(2)14-4-3-5-16(10-14)24(18,21)22/h3-10,13H,11H2,1-2H3,(H,19,20)(H2,18,21,22). The molecular formula is C17H20N2O3S2. The van der Waals surface area contributed by atoms with E-state index in [0.29, 0.717) is 11.3 Å². The third-order valence-corrected chi connectivity index (χ3v) is 5.38. The Morgan fingerprint density at radius 1 is 1.21 bits per heavy atom. The van der Waals surface area contributed by atoms with Crippen LogP contribution >= 0.6 is 11.8 Å². The molecule has 0 saturated heterocycles. The number of benzene rings is 2. The molecular weight excluding hydrogens is 344 g/mol. The Kier molecular flexibility index (Phi) is 6.04. The summed E-state index contributed by atoms with van der Waals surface area (Å²) in [5.41, 5.74) is 1.86. The van der Waals surface area contributed by atoms with Gasteiger partial charge in [0.2, 0.25) is 15.9 Å². The molecule has 0 bridgehead atoms. The fraction of sp³-hybridized carbons (Fsp3) is 0.235. The molecule has 0 saturated carbocycles. The second-order valence-electron chi connectivity index (χ2n) is 5.51. The smallest absolute Gasteiger partial charge is 0.238 e. The highest BCUT2D eigenvalue weighted by Gasteiger charge is 2.13. The van der Waals surface area contributed by atoms with Crippen molar-refractivity contribution in [3.05, 3.63) is 59.7 Å². The van der Waals surface area contributed by atoms with Crippen LogP contribution in [0.1, 0.15) is 24.1 Å². The summed E-state index contributed by atoms with van der Waals surface area (Å²) in [5.74, 6) is 0.177. The second-order valence-corrected chi connectivity index (χ2v) is 8.12. The van der Waals surface area contributed by atoms with Gasteiger partial charge in [-0.1, -0.05) is 29.8 Å². The summed E-state index contributed by atoms with van der Waals surface area (Å²) in [6.07, 6.45) is 0. The summed E-state index contributed by atoms with van der Waals surface area (Å²) >= 11 is 1.45. The summed E-state index contributed by atoms with van der Waals surface area (Å²) in [4.78, 5) is 13.1. The van der Waals surface area contributed by atoms with Gasteiger partial charge in [0, 0.05) is 4.90 Å². The van der Waals surface area contributed by atoms with Crippen molar-refractivity contribution in [3.63, 3.8) is 0 Å². The summed E-state index contributed by atoms with van der Waals surface area (Å²) in [5, 5.41) is 7.99. The molecule has 0 spiro atoms. The average molecular weight is 364 g/mol. The first-order chi connectivity index (χ1) is 11.3. The van der Waals surface area contributed by atoms with Crippen LogP contribution in [-0.2, 0) is 14.8 Å². The lowest BCUT2D eigenvalue weighted by Crippen LogP contribution is -2.28.